The first-order valence-corrected chi connectivity index (χ1v) is 6.21. The average Bonchev–Trinajstić information content (AvgIpc) is 2.35. The molecule has 0 saturated heterocycles. The Labute approximate surface area is 120 Å². The highest BCUT2D eigenvalue weighted by atomic mass is 35.5. The maximum absolute atomic E-state index is 13.6. The van der Waals surface area contributed by atoms with Crippen LogP contribution in [0.2, 0.25) is 0 Å². The van der Waals surface area contributed by atoms with E-state index in [-0.39, 0.29) is 42.6 Å². The lowest BCUT2D eigenvalue weighted by Crippen LogP contribution is -2.41. The Morgan fingerprint density at radius 1 is 1.32 bits per heavy atom. The maximum atomic E-state index is 13.6. The van der Waals surface area contributed by atoms with E-state index in [9.17, 15) is 9.18 Å². The summed E-state index contributed by atoms with van der Waals surface area (Å²) in [4.78, 5) is 13.8. The lowest BCUT2D eigenvalue weighted by molar-refractivity contribution is -0.137. The number of hydrogen-bond donors (Lipinski definition) is 1. The van der Waals surface area contributed by atoms with Gasteiger partial charge in [-0.2, -0.15) is 0 Å². The van der Waals surface area contributed by atoms with Gasteiger partial charge in [0.2, 0.25) is 5.91 Å². The van der Waals surface area contributed by atoms with E-state index in [0.29, 0.717) is 12.1 Å². The molecule has 2 N–H and O–H groups in total. The molecule has 0 fully saturated rings. The third-order valence-corrected chi connectivity index (χ3v) is 2.98. The quantitative estimate of drug-likeness (QED) is 0.905. The molecular formula is C14H22ClFN2O. The van der Waals surface area contributed by atoms with E-state index in [1.807, 2.05) is 13.8 Å². The van der Waals surface area contributed by atoms with Crippen molar-refractivity contribution >= 4 is 18.3 Å². The molecule has 0 aliphatic rings. The fourth-order valence-corrected chi connectivity index (χ4v) is 1.71. The molecule has 0 aliphatic heterocycles. The topological polar surface area (TPSA) is 46.3 Å². The number of carbonyl (C=O) groups is 1. The molecule has 19 heavy (non-hydrogen) atoms. The molecule has 0 aromatic heterocycles. The number of benzene rings is 1. The summed E-state index contributed by atoms with van der Waals surface area (Å²) in [5.74, 6) is -0.550. The smallest absolute Gasteiger partial charge is 0.227 e. The van der Waals surface area contributed by atoms with Crippen LogP contribution in [-0.4, -0.2) is 23.4 Å². The van der Waals surface area contributed by atoms with Gasteiger partial charge in [0.15, 0.2) is 0 Å². The van der Waals surface area contributed by atoms with Gasteiger partial charge in [0.05, 0.1) is 0 Å². The molecule has 0 radical (unpaired) electrons. The fourth-order valence-electron chi connectivity index (χ4n) is 1.71. The van der Waals surface area contributed by atoms with Gasteiger partial charge in [-0.15, -0.1) is 12.4 Å². The second-order valence-corrected chi connectivity index (χ2v) is 4.79. The van der Waals surface area contributed by atoms with Crippen molar-refractivity contribution in [3.05, 3.63) is 35.6 Å². The molecule has 1 rings (SSSR count). The highest BCUT2D eigenvalue weighted by Gasteiger charge is 2.22. The number of rotatable bonds is 5. The second-order valence-electron chi connectivity index (χ2n) is 4.79. The van der Waals surface area contributed by atoms with Crippen LogP contribution in [0, 0.1) is 11.7 Å². The van der Waals surface area contributed by atoms with Crippen LogP contribution in [-0.2, 0) is 11.3 Å². The van der Waals surface area contributed by atoms with E-state index < -0.39 is 0 Å². The van der Waals surface area contributed by atoms with E-state index >= 15 is 0 Å². The van der Waals surface area contributed by atoms with Gasteiger partial charge in [-0.25, -0.2) is 4.39 Å². The Morgan fingerprint density at radius 3 is 2.37 bits per heavy atom. The van der Waals surface area contributed by atoms with Crippen LogP contribution in [0.15, 0.2) is 24.3 Å². The van der Waals surface area contributed by atoms with Gasteiger partial charge < -0.3 is 10.6 Å². The first kappa shape index (κ1) is 17.9. The fraction of sp³-hybridized carbons (Fsp3) is 0.500. The van der Waals surface area contributed by atoms with Crippen molar-refractivity contribution in [2.24, 2.45) is 11.7 Å². The van der Waals surface area contributed by atoms with Crippen molar-refractivity contribution in [2.75, 3.05) is 6.54 Å². The molecule has 0 heterocycles. The van der Waals surface area contributed by atoms with Crippen LogP contribution in [0.1, 0.15) is 26.3 Å². The third-order valence-electron chi connectivity index (χ3n) is 2.98. The molecule has 3 nitrogen and oxygen atoms in total. The van der Waals surface area contributed by atoms with Crippen molar-refractivity contribution in [3.63, 3.8) is 0 Å². The standard InChI is InChI=1S/C14H21FN2O.ClH/c1-10(2)17(14(18)11(3)8-16)9-12-6-4-5-7-13(12)15;/h4-7,10-11H,8-9,16H2,1-3H3;1H. The molecule has 0 bridgehead atoms. The minimum Gasteiger partial charge on any atom is -0.336 e. The van der Waals surface area contributed by atoms with Crippen LogP contribution in [0.3, 0.4) is 0 Å². The largest absolute Gasteiger partial charge is 0.336 e. The number of amides is 1. The van der Waals surface area contributed by atoms with Crippen LogP contribution in [0.25, 0.3) is 0 Å². The van der Waals surface area contributed by atoms with E-state index in [0.717, 1.165) is 0 Å². The highest BCUT2D eigenvalue weighted by Crippen LogP contribution is 2.14. The van der Waals surface area contributed by atoms with Crippen molar-refractivity contribution in [3.8, 4) is 0 Å². The average molecular weight is 289 g/mol. The molecule has 0 spiro atoms. The Kier molecular flexibility index (Phi) is 7.64. The third kappa shape index (κ3) is 4.80. The maximum Gasteiger partial charge on any atom is 0.227 e. The Bertz CT molecular complexity index is 412. The Balaban J connectivity index is 0.00000324. The molecule has 0 aliphatic carbocycles. The SMILES string of the molecule is CC(CN)C(=O)N(Cc1ccccc1F)C(C)C.Cl. The zero-order valence-electron chi connectivity index (χ0n) is 11.6. The van der Waals surface area contributed by atoms with Crippen molar-refractivity contribution < 1.29 is 9.18 Å². The summed E-state index contributed by atoms with van der Waals surface area (Å²) in [5, 5.41) is 0. The van der Waals surface area contributed by atoms with Gasteiger partial charge in [-0.1, -0.05) is 25.1 Å². The number of nitrogens with two attached hydrogens (primary N) is 1. The summed E-state index contributed by atoms with van der Waals surface area (Å²) in [5.41, 5.74) is 6.04. The number of halogens is 2. The van der Waals surface area contributed by atoms with Gasteiger partial charge in [0, 0.05) is 30.6 Å². The van der Waals surface area contributed by atoms with E-state index in [1.165, 1.54) is 6.07 Å². The van der Waals surface area contributed by atoms with Gasteiger partial charge in [-0.3, -0.25) is 4.79 Å². The first-order valence-electron chi connectivity index (χ1n) is 6.21. The second kappa shape index (κ2) is 8.12. The van der Waals surface area contributed by atoms with Crippen molar-refractivity contribution in [1.29, 1.82) is 0 Å². The predicted octanol–water partition coefficient (Wildman–Crippen LogP) is 2.58. The minimum absolute atomic E-state index is 0. The van der Waals surface area contributed by atoms with Gasteiger partial charge in [0.1, 0.15) is 5.82 Å². The normalized spacial score (nSPS) is 11.9. The molecule has 1 amide bonds. The molecule has 5 heteroatoms. The lowest BCUT2D eigenvalue weighted by Gasteiger charge is -2.29. The molecule has 1 unspecified atom stereocenters. The molecule has 108 valence electrons. The Hall–Kier alpha value is -1.13. The van der Waals surface area contributed by atoms with Crippen LogP contribution in [0.4, 0.5) is 4.39 Å². The van der Waals surface area contributed by atoms with Crippen LogP contribution < -0.4 is 5.73 Å². The molecule has 1 aromatic rings. The van der Waals surface area contributed by atoms with E-state index in [1.54, 1.807) is 30.0 Å². The zero-order chi connectivity index (χ0) is 13.7. The first-order chi connectivity index (χ1) is 8.47. The predicted molar refractivity (Wildman–Crippen MR) is 77.6 cm³/mol. The van der Waals surface area contributed by atoms with Gasteiger partial charge in [0.25, 0.3) is 0 Å². The highest BCUT2D eigenvalue weighted by molar-refractivity contribution is 5.85. The van der Waals surface area contributed by atoms with Gasteiger partial charge in [-0.05, 0) is 19.9 Å². The summed E-state index contributed by atoms with van der Waals surface area (Å²) in [6.07, 6.45) is 0. The van der Waals surface area contributed by atoms with E-state index in [4.69, 9.17) is 5.73 Å². The van der Waals surface area contributed by atoms with E-state index in [2.05, 4.69) is 0 Å². The zero-order valence-corrected chi connectivity index (χ0v) is 12.4. The minimum atomic E-state index is -0.281. The number of carbonyl (C=O) groups excluding carboxylic acids is 1. The van der Waals surface area contributed by atoms with Crippen LogP contribution >= 0.6 is 12.4 Å². The lowest BCUT2D eigenvalue weighted by atomic mass is 10.1. The summed E-state index contributed by atoms with van der Waals surface area (Å²) in [7, 11) is 0. The molecule has 1 aromatic carbocycles. The summed E-state index contributed by atoms with van der Waals surface area (Å²) in [6.45, 7) is 6.22. The van der Waals surface area contributed by atoms with Gasteiger partial charge >= 0.3 is 0 Å². The number of hydrogen-bond acceptors (Lipinski definition) is 2. The summed E-state index contributed by atoms with van der Waals surface area (Å²) in [6, 6.07) is 6.54. The van der Waals surface area contributed by atoms with Crippen LogP contribution in [0.5, 0.6) is 0 Å². The monoisotopic (exact) mass is 288 g/mol. The Morgan fingerprint density at radius 2 is 1.89 bits per heavy atom. The number of nitrogens with zero attached hydrogens (tertiary/aromatic N) is 1. The molecule has 1 atom stereocenters. The van der Waals surface area contributed by atoms with Crippen molar-refractivity contribution in [2.45, 2.75) is 33.4 Å². The molecular weight excluding hydrogens is 267 g/mol. The summed E-state index contributed by atoms with van der Waals surface area (Å²) < 4.78 is 13.6. The molecule has 0 saturated carbocycles. The van der Waals surface area contributed by atoms with Crippen molar-refractivity contribution in [1.82, 2.24) is 4.90 Å². The summed E-state index contributed by atoms with van der Waals surface area (Å²) >= 11 is 0.